The number of fused-ring (bicyclic) bond motifs is 2. The average molecular weight is 642 g/mol. The molecule has 32 heavy (non-hydrogen) atoms. The van der Waals surface area contributed by atoms with Gasteiger partial charge in [-0.1, -0.05) is 26.0 Å². The maximum atomic E-state index is 5.46. The quantitative estimate of drug-likeness (QED) is 0.116. The van der Waals surface area contributed by atoms with Gasteiger partial charge in [0.2, 0.25) is 0 Å². The molecule has 0 heterocycles. The zero-order valence-electron chi connectivity index (χ0n) is 18.5. The van der Waals surface area contributed by atoms with Gasteiger partial charge in [-0.25, -0.2) is 0 Å². The zero-order valence-corrected chi connectivity index (χ0v) is 26.9. The summed E-state index contributed by atoms with van der Waals surface area (Å²) in [6.45, 7) is 10.9. The molecular weight excluding hydrogens is 613 g/mol. The molecule has 0 unspecified atom stereocenters. The second-order valence-electron chi connectivity index (χ2n) is 6.54. The van der Waals surface area contributed by atoms with Crippen LogP contribution in [0.15, 0.2) is 72.8 Å². The molecule has 0 aliphatic heterocycles. The molecule has 0 spiro atoms. The van der Waals surface area contributed by atoms with Crippen LogP contribution in [0.4, 0.5) is 0 Å². The van der Waals surface area contributed by atoms with E-state index in [0.29, 0.717) is 6.04 Å². The van der Waals surface area contributed by atoms with Crippen LogP contribution in [-0.2, 0) is 23.3 Å². The first-order valence-electron chi connectivity index (χ1n) is 9.13. The Morgan fingerprint density at radius 3 is 1.41 bits per heavy atom. The monoisotopic (exact) mass is 638 g/mol. The fourth-order valence-corrected chi connectivity index (χ4v) is 4.42. The Kier molecular flexibility index (Phi) is 22.8. The third-order valence-electron chi connectivity index (χ3n) is 3.98. The summed E-state index contributed by atoms with van der Waals surface area (Å²) in [6, 6.07) is 24.0. The van der Waals surface area contributed by atoms with Crippen LogP contribution in [0.2, 0.25) is 6.04 Å². The van der Waals surface area contributed by atoms with E-state index in [1.807, 2.05) is 0 Å². The Hall–Kier alpha value is 0.427. The molecule has 0 saturated carbocycles. The van der Waals surface area contributed by atoms with Crippen LogP contribution in [0.25, 0.3) is 21.5 Å². The number of aryl methyl sites for hydroxylation is 2. The van der Waals surface area contributed by atoms with Gasteiger partial charge in [0.15, 0.2) is 0 Å². The van der Waals surface area contributed by atoms with Crippen LogP contribution >= 0.6 is 58.1 Å². The van der Waals surface area contributed by atoms with Gasteiger partial charge in [-0.05, 0) is 6.04 Å². The van der Waals surface area contributed by atoms with Crippen molar-refractivity contribution in [3.63, 3.8) is 0 Å². The topological polar surface area (TPSA) is 0 Å². The third kappa shape index (κ3) is 14.6. The number of benzene rings is 2. The number of rotatable bonds is 2. The fourth-order valence-electron chi connectivity index (χ4n) is 2.81. The molecule has 0 aliphatic carbocycles. The van der Waals surface area contributed by atoms with Gasteiger partial charge >= 0.3 is 36.2 Å². The second-order valence-corrected chi connectivity index (χ2v) is 15.8. The van der Waals surface area contributed by atoms with E-state index in [1.165, 1.54) is 56.0 Å². The Bertz CT molecular complexity index is 855. The molecule has 0 atom stereocenters. The van der Waals surface area contributed by atoms with Crippen molar-refractivity contribution >= 4 is 92.5 Å². The fraction of sp³-hybridized carbons (Fsp3) is 0.167. The summed E-state index contributed by atoms with van der Waals surface area (Å²) >= 11 is 17.7. The van der Waals surface area contributed by atoms with Crippen LogP contribution in [-0.4, -0.2) is 12.9 Å². The minimum atomic E-state index is -2.30. The van der Waals surface area contributed by atoms with Gasteiger partial charge in [-0.15, -0.1) is 139 Å². The second kappa shape index (κ2) is 19.7. The Labute approximate surface area is 238 Å². The molecule has 0 aliphatic rings. The Balaban J connectivity index is -0.000000369. The maximum absolute atomic E-state index is 5.46. The van der Waals surface area contributed by atoms with E-state index in [9.17, 15) is 0 Å². The van der Waals surface area contributed by atoms with Gasteiger partial charge in [0.1, 0.15) is 0 Å². The molecule has 0 nitrogen and oxygen atoms in total. The molecule has 176 valence electrons. The van der Waals surface area contributed by atoms with E-state index in [4.69, 9.17) is 33.2 Å². The molecule has 0 amide bonds. The minimum absolute atomic E-state index is 0. The molecule has 4 rings (SSSR count). The van der Waals surface area contributed by atoms with Gasteiger partial charge in [-0.3, -0.25) is 0 Å². The van der Waals surface area contributed by atoms with Crippen molar-refractivity contribution in [3.8, 4) is 0 Å². The van der Waals surface area contributed by atoms with Crippen molar-refractivity contribution in [1.29, 1.82) is 0 Å². The van der Waals surface area contributed by atoms with Crippen molar-refractivity contribution in [3.05, 3.63) is 98.3 Å². The van der Waals surface area contributed by atoms with Gasteiger partial charge < -0.3 is 14.4 Å². The number of hydrogen-bond acceptors (Lipinski definition) is 0. The van der Waals surface area contributed by atoms with Crippen molar-refractivity contribution in [2.75, 3.05) is 0 Å². The van der Waals surface area contributed by atoms with Crippen LogP contribution in [0.1, 0.15) is 17.5 Å². The van der Waals surface area contributed by atoms with E-state index in [0.717, 1.165) is 6.42 Å². The van der Waals surface area contributed by atoms with Gasteiger partial charge in [-0.2, -0.15) is 18.6 Å². The van der Waals surface area contributed by atoms with E-state index < -0.39 is 6.00 Å². The summed E-state index contributed by atoms with van der Waals surface area (Å²) in [5, 5.41) is 5.39. The summed E-state index contributed by atoms with van der Waals surface area (Å²) in [4.78, 5) is 0. The van der Waals surface area contributed by atoms with Crippen LogP contribution in [0.3, 0.4) is 0 Å². The summed E-state index contributed by atoms with van der Waals surface area (Å²) in [6.07, 6.45) is 0.725. The zero-order chi connectivity index (χ0) is 21.9. The van der Waals surface area contributed by atoms with E-state index in [-0.39, 0.29) is 32.2 Å². The number of halogens is 5. The summed E-state index contributed by atoms with van der Waals surface area (Å²) < 4.78 is 0. The van der Waals surface area contributed by atoms with Crippen LogP contribution in [0, 0.1) is 28.2 Å². The normalized spacial score (nSPS) is 9.28. The van der Waals surface area contributed by atoms with Crippen molar-refractivity contribution < 1.29 is 23.3 Å². The van der Waals surface area contributed by atoms with Gasteiger partial charge in [0.05, 0.1) is 0 Å². The SMILES string of the molecule is Cc1cc2ccccc2[cH-]1.Cc1cc2ccccc2[cH-]1.Cl.Cl.[CH2-]CC[Si](Cl)(Cl)Cl.[CH3-].[Si]=[Zr]. The molecular formula is C24H29Cl5Si2Zr-4. The Morgan fingerprint density at radius 1 is 0.812 bits per heavy atom. The molecule has 0 fully saturated rings. The van der Waals surface area contributed by atoms with E-state index >= 15 is 0 Å². The first-order valence-corrected chi connectivity index (χ1v) is 18.6. The molecule has 8 heteroatoms. The van der Waals surface area contributed by atoms with Gasteiger partial charge in [0, 0.05) is 0 Å². The number of hydrogen-bond donors (Lipinski definition) is 0. The van der Waals surface area contributed by atoms with Gasteiger partial charge in [0.25, 0.3) is 0 Å². The molecule has 0 aromatic heterocycles. The van der Waals surface area contributed by atoms with Crippen LogP contribution in [0.5, 0.6) is 0 Å². The molecule has 0 N–H and O–H groups in total. The third-order valence-corrected chi connectivity index (χ3v) is 6.61. The Morgan fingerprint density at radius 2 is 1.16 bits per heavy atom. The van der Waals surface area contributed by atoms with Crippen LogP contribution < -0.4 is 0 Å². The standard InChI is InChI=1S/2C10H9.C3H6Cl3Si.CH3.2ClH.Si.Zr/c2*1-8-6-9-4-2-3-5-10(9)7-8;1-2-3-7(4,5)6;;;;;/h2*2-7H,1H3;1-3H2;1H3;2*1H;;/q4*-1;;;;. The van der Waals surface area contributed by atoms with Crippen molar-refractivity contribution in [2.24, 2.45) is 0 Å². The van der Waals surface area contributed by atoms with Crippen molar-refractivity contribution in [2.45, 2.75) is 26.3 Å². The predicted molar refractivity (Wildman–Crippen MR) is 153 cm³/mol. The molecule has 4 aromatic rings. The molecule has 4 aromatic carbocycles. The summed E-state index contributed by atoms with van der Waals surface area (Å²) in [7, 11) is 0. The molecule has 2 radical (unpaired) electrons. The van der Waals surface area contributed by atoms with Crippen molar-refractivity contribution in [1.82, 2.24) is 0 Å². The van der Waals surface area contributed by atoms with E-state index in [1.54, 1.807) is 0 Å². The predicted octanol–water partition coefficient (Wildman–Crippen LogP) is 9.51. The summed E-state index contributed by atoms with van der Waals surface area (Å²) in [5.41, 5.74) is 2.70. The summed E-state index contributed by atoms with van der Waals surface area (Å²) in [5.74, 6) is 0. The first kappa shape index (κ1) is 37.0. The molecule has 0 bridgehead atoms. The first-order chi connectivity index (χ1) is 13.8. The molecule has 0 saturated heterocycles. The average Bonchev–Trinajstić information content (AvgIpc) is 3.23. The van der Waals surface area contributed by atoms with E-state index in [2.05, 4.69) is 100 Å².